The van der Waals surface area contributed by atoms with Crippen molar-refractivity contribution in [2.24, 2.45) is 5.41 Å². The number of cyclic esters (lactones) is 2. The number of benzene rings is 4. The number of aromatic hydroxyl groups is 1. The third kappa shape index (κ3) is 18.8. The molecule has 462 valence electrons. The molecular formula is C64H80N6O16. The zero-order valence-corrected chi connectivity index (χ0v) is 50.3. The van der Waals surface area contributed by atoms with Gasteiger partial charge in [0, 0.05) is 53.2 Å². The fourth-order valence-electron chi connectivity index (χ4n) is 9.94. The number of carbonyl (C=O) groups is 9. The first-order valence-electron chi connectivity index (χ1n) is 28.7. The van der Waals surface area contributed by atoms with Gasteiger partial charge in [-0.15, -0.1) is 0 Å². The van der Waals surface area contributed by atoms with Crippen LogP contribution in [0.5, 0.6) is 28.7 Å². The molecule has 2 bridgehead atoms. The highest BCUT2D eigenvalue weighted by molar-refractivity contribution is 6.38. The lowest BCUT2D eigenvalue weighted by atomic mass is 9.87. The number of carbonyl (C=O) groups excluding carboxylic acids is 9. The normalized spacial score (nSPS) is 20.9. The number of allylic oxidation sites excluding steroid dienone is 1. The lowest BCUT2D eigenvalue weighted by Crippen LogP contribution is -2.56. The van der Waals surface area contributed by atoms with E-state index in [0.29, 0.717) is 79.0 Å². The largest absolute Gasteiger partial charge is 0.508 e. The minimum Gasteiger partial charge on any atom is -0.508 e. The van der Waals surface area contributed by atoms with Gasteiger partial charge in [-0.3, -0.25) is 33.6 Å². The first-order valence-corrected chi connectivity index (χ1v) is 28.7. The van der Waals surface area contributed by atoms with Gasteiger partial charge in [-0.05, 0) is 124 Å². The quantitative estimate of drug-likeness (QED) is 0.138. The number of piperidine rings is 1. The summed E-state index contributed by atoms with van der Waals surface area (Å²) in [6.07, 6.45) is 5.11. The van der Waals surface area contributed by atoms with Gasteiger partial charge in [0.25, 0.3) is 11.8 Å². The molecule has 4 aromatic carbocycles. The number of nitrogens with one attached hydrogen (secondary N) is 2. The Balaban J connectivity index is 1.32. The van der Waals surface area contributed by atoms with E-state index in [-0.39, 0.29) is 56.2 Å². The third-order valence-corrected chi connectivity index (χ3v) is 15.1. The molecule has 22 heteroatoms. The molecule has 6 amide bonds. The third-order valence-electron chi connectivity index (χ3n) is 15.1. The molecule has 2 heterocycles. The fraction of sp³-hybridized carbons (Fsp3) is 0.453. The number of aryl methyl sites for hydroxylation is 1. The van der Waals surface area contributed by atoms with Crippen LogP contribution in [0.15, 0.2) is 103 Å². The minimum atomic E-state index is -1.47. The van der Waals surface area contributed by atoms with E-state index in [2.05, 4.69) is 10.6 Å². The van der Waals surface area contributed by atoms with Crippen molar-refractivity contribution in [3.8, 4) is 28.7 Å². The minimum absolute atomic E-state index is 0.0113. The van der Waals surface area contributed by atoms with Gasteiger partial charge >= 0.3 is 11.9 Å². The monoisotopic (exact) mass is 1190 g/mol. The number of esters is 2. The molecule has 6 rings (SSSR count). The molecule has 22 nitrogen and oxygen atoms in total. The number of likely N-dealkylation sites (N-methyl/N-ethyl adjacent to an activating group) is 3. The van der Waals surface area contributed by atoms with Gasteiger partial charge in [0.05, 0.1) is 39.8 Å². The van der Waals surface area contributed by atoms with E-state index in [9.17, 15) is 48.3 Å². The Morgan fingerprint density at radius 2 is 1.40 bits per heavy atom. The van der Waals surface area contributed by atoms with Crippen molar-refractivity contribution in [3.05, 3.63) is 125 Å². The number of hydrogen-bond acceptors (Lipinski definition) is 16. The number of hydrogen-bond donors (Lipinski definition) is 3. The number of fused-ring (bicyclic) bond motifs is 3. The van der Waals surface area contributed by atoms with Crippen molar-refractivity contribution >= 4 is 53.2 Å². The Bertz CT molecular complexity index is 3030. The van der Waals surface area contributed by atoms with E-state index in [0.717, 1.165) is 10.5 Å². The summed E-state index contributed by atoms with van der Waals surface area (Å²) in [4.78, 5) is 130. The van der Waals surface area contributed by atoms with E-state index in [1.54, 1.807) is 92.0 Å². The molecular weight excluding hydrogens is 1110 g/mol. The molecule has 0 spiro atoms. The van der Waals surface area contributed by atoms with Gasteiger partial charge in [0.1, 0.15) is 42.3 Å². The SMILES string of the molecule is COc1cc(CC[C@H]2OC(=O)[C@@H]3CCCCN3C(=O)C(=O)C(C)(C)COC(=O)C=CCCCCN(C)C(=O)CNC(=O)CN(C)C(=O)[C@@H](Cc3ccccc3)NC(=O)[C@H](Cc3ccc(O)cc3)N(C)C(=O)COc3cccc2c3)cc(OC)c1OC. The Kier molecular flexibility index (Phi) is 24.5. The lowest BCUT2D eigenvalue weighted by Gasteiger charge is -2.36. The Labute approximate surface area is 502 Å². The average Bonchev–Trinajstić information content (AvgIpc) is 2.06. The summed E-state index contributed by atoms with van der Waals surface area (Å²) in [6.45, 7) is 1.57. The second-order valence-electron chi connectivity index (χ2n) is 22.0. The average molecular weight is 1190 g/mol. The van der Waals surface area contributed by atoms with Crippen LogP contribution in [0.1, 0.15) is 87.2 Å². The number of ether oxygens (including phenoxy) is 6. The predicted octanol–water partition coefficient (Wildman–Crippen LogP) is 5.10. The molecule has 1 fully saturated rings. The van der Waals surface area contributed by atoms with Crippen LogP contribution in [0.4, 0.5) is 0 Å². The zero-order chi connectivity index (χ0) is 62.5. The van der Waals surface area contributed by atoms with Crippen LogP contribution >= 0.6 is 0 Å². The van der Waals surface area contributed by atoms with Crippen LogP contribution in [0.3, 0.4) is 0 Å². The van der Waals surface area contributed by atoms with Gasteiger partial charge in [-0.2, -0.15) is 0 Å². The summed E-state index contributed by atoms with van der Waals surface area (Å²) in [5.74, 6) is -4.91. The number of amides is 6. The van der Waals surface area contributed by atoms with Crippen molar-refractivity contribution in [1.29, 1.82) is 0 Å². The summed E-state index contributed by atoms with van der Waals surface area (Å²) in [5, 5.41) is 15.5. The molecule has 1 saturated heterocycles. The Morgan fingerprint density at radius 1 is 0.709 bits per heavy atom. The molecule has 86 heavy (non-hydrogen) atoms. The molecule has 3 N–H and O–H groups in total. The molecule has 2 aliphatic heterocycles. The number of nitrogens with zero attached hydrogens (tertiary/aromatic N) is 4. The van der Waals surface area contributed by atoms with Crippen molar-refractivity contribution < 1.29 is 76.7 Å². The van der Waals surface area contributed by atoms with Crippen LogP contribution in [0.2, 0.25) is 0 Å². The maximum Gasteiger partial charge on any atom is 0.330 e. The van der Waals surface area contributed by atoms with Gasteiger partial charge in [0.2, 0.25) is 35.2 Å². The highest BCUT2D eigenvalue weighted by atomic mass is 16.6. The van der Waals surface area contributed by atoms with Crippen LogP contribution in [-0.4, -0.2) is 178 Å². The molecule has 4 aromatic rings. The highest BCUT2D eigenvalue weighted by Crippen LogP contribution is 2.39. The van der Waals surface area contributed by atoms with Gasteiger partial charge < -0.3 is 63.8 Å². The Morgan fingerprint density at radius 3 is 2.08 bits per heavy atom. The van der Waals surface area contributed by atoms with Crippen molar-refractivity contribution in [3.63, 3.8) is 0 Å². The standard InChI is InChI=1S/C64H80N6O16/c1-64(2)41-85-57(75)24-14-9-10-16-31-67(3)55(73)38-65-54(72)39-68(4)61(78)48(33-42-19-12-11-13-20-42)66-60(77)50(34-43-25-28-46(71)29-26-43)69(5)56(74)40-84-47-22-18-21-45(37-47)51(30-27-44-35-52(81-6)58(83-8)53(36-44)82-7)86-63(80)49-23-15-17-32-70(49)62(79)59(64)76/h11-14,18-22,24-26,28-29,35-37,48-51,71H,9-10,15-17,23,27,30-34,38-41H2,1-8H3,(H,65,72)(H,66,77)/t48-,49+,50+,51-/m1/s1. The van der Waals surface area contributed by atoms with Crippen LogP contribution in [0, 0.1) is 5.41 Å². The summed E-state index contributed by atoms with van der Waals surface area (Å²) >= 11 is 0. The summed E-state index contributed by atoms with van der Waals surface area (Å²) in [6, 6.07) is 21.5. The molecule has 0 aromatic heterocycles. The van der Waals surface area contributed by atoms with Crippen molar-refractivity contribution in [2.45, 2.75) is 102 Å². The van der Waals surface area contributed by atoms with Gasteiger partial charge in [-0.1, -0.05) is 60.7 Å². The van der Waals surface area contributed by atoms with Crippen LogP contribution in [0.25, 0.3) is 0 Å². The van der Waals surface area contributed by atoms with E-state index in [4.69, 9.17) is 28.4 Å². The van der Waals surface area contributed by atoms with Crippen LogP contribution in [-0.2, 0) is 71.9 Å². The number of phenols is 1. The summed E-state index contributed by atoms with van der Waals surface area (Å²) < 4.78 is 34.7. The summed E-state index contributed by atoms with van der Waals surface area (Å²) in [7, 11) is 8.88. The molecule has 4 atom stereocenters. The predicted molar refractivity (Wildman–Crippen MR) is 316 cm³/mol. The smallest absolute Gasteiger partial charge is 0.330 e. The molecule has 2 aliphatic rings. The molecule has 0 radical (unpaired) electrons. The number of rotatable bonds is 10. The first kappa shape index (κ1) is 66.2. The highest BCUT2D eigenvalue weighted by Gasteiger charge is 2.43. The summed E-state index contributed by atoms with van der Waals surface area (Å²) in [5.41, 5.74) is 0.979. The van der Waals surface area contributed by atoms with E-state index >= 15 is 0 Å². The van der Waals surface area contributed by atoms with E-state index in [1.165, 1.54) is 82.2 Å². The fourth-order valence-corrected chi connectivity index (χ4v) is 9.94. The maximum absolute atomic E-state index is 14.7. The topological polar surface area (TPSA) is 266 Å². The first-order chi connectivity index (χ1) is 41.1. The second kappa shape index (κ2) is 31.8. The van der Waals surface area contributed by atoms with Gasteiger partial charge in [0.15, 0.2) is 18.1 Å². The van der Waals surface area contributed by atoms with Crippen molar-refractivity contribution in [1.82, 2.24) is 30.2 Å². The number of methoxy groups -OCH3 is 3. The van der Waals surface area contributed by atoms with E-state index < -0.39 is 96.7 Å². The number of Topliss-reactive ketones (excluding diaryl/α,β-unsaturated/α-hetero) is 1. The lowest BCUT2D eigenvalue weighted by molar-refractivity contribution is -0.165. The zero-order valence-electron chi connectivity index (χ0n) is 50.3. The van der Waals surface area contributed by atoms with Crippen LogP contribution < -0.4 is 29.6 Å². The van der Waals surface area contributed by atoms with E-state index in [1.807, 2.05) is 0 Å². The second-order valence-corrected chi connectivity index (χ2v) is 22.0. The van der Waals surface area contributed by atoms with Gasteiger partial charge in [-0.25, -0.2) is 9.59 Å². The molecule has 0 saturated carbocycles. The Hall–Kier alpha value is -8.95. The number of phenolic OH excluding ortho intramolecular Hbond substituents is 1. The molecule has 0 aliphatic carbocycles. The van der Waals surface area contributed by atoms with Crippen molar-refractivity contribution in [2.75, 3.05) is 81.9 Å². The molecule has 0 unspecified atom stereocenters. The number of ketones is 1. The maximum atomic E-state index is 14.7.